The second kappa shape index (κ2) is 18.8. The molecule has 4 aromatic rings. The van der Waals surface area contributed by atoms with Gasteiger partial charge < -0.3 is 28.6 Å². The summed E-state index contributed by atoms with van der Waals surface area (Å²) in [6.45, 7) is 3.72. The van der Waals surface area contributed by atoms with Crippen LogP contribution in [0.3, 0.4) is 0 Å². The molecule has 47 heavy (non-hydrogen) atoms. The summed E-state index contributed by atoms with van der Waals surface area (Å²) in [5.74, 6) is 0.632. The zero-order valence-corrected chi connectivity index (χ0v) is 27.5. The molecule has 8 nitrogen and oxygen atoms in total. The molecule has 250 valence electrons. The van der Waals surface area contributed by atoms with Gasteiger partial charge in [-0.1, -0.05) is 38.5 Å². The van der Waals surface area contributed by atoms with Gasteiger partial charge in [-0.15, -0.1) is 0 Å². The van der Waals surface area contributed by atoms with Gasteiger partial charge in [0.05, 0.1) is 12.9 Å². The topological polar surface area (TPSA) is 97.7 Å². The van der Waals surface area contributed by atoms with Crippen LogP contribution in [0.5, 0.6) is 11.5 Å². The quantitative estimate of drug-likeness (QED) is 0.0625. The molecule has 0 saturated carbocycles. The van der Waals surface area contributed by atoms with Crippen LogP contribution in [-0.4, -0.2) is 52.2 Å². The fourth-order valence-corrected chi connectivity index (χ4v) is 5.80. The lowest BCUT2D eigenvalue weighted by Crippen LogP contribution is -2.12. The fourth-order valence-electron chi connectivity index (χ4n) is 4.73. The van der Waals surface area contributed by atoms with Crippen LogP contribution in [0.25, 0.3) is 17.2 Å². The Morgan fingerprint density at radius 2 is 1.77 bits per heavy atom. The van der Waals surface area contributed by atoms with Crippen molar-refractivity contribution in [1.29, 1.82) is 0 Å². The van der Waals surface area contributed by atoms with Crippen LogP contribution in [0, 0.1) is 0 Å². The van der Waals surface area contributed by atoms with Crippen molar-refractivity contribution in [2.45, 2.75) is 57.6 Å². The van der Waals surface area contributed by atoms with Crippen molar-refractivity contribution in [2.24, 2.45) is 0 Å². The van der Waals surface area contributed by atoms with Crippen molar-refractivity contribution in [2.75, 3.05) is 30.9 Å². The molecule has 0 aliphatic rings. The fraction of sp³-hybridized carbons (Fsp3) is 0.333. The lowest BCUT2D eigenvalue weighted by molar-refractivity contribution is -0.111. The molecule has 11 heteroatoms. The van der Waals surface area contributed by atoms with Gasteiger partial charge in [-0.2, -0.15) is 8.78 Å². The van der Waals surface area contributed by atoms with Gasteiger partial charge in [0.1, 0.15) is 23.9 Å². The number of carbonyl (C=O) groups is 1. The first-order valence-corrected chi connectivity index (χ1v) is 17.0. The minimum absolute atomic E-state index is 0.0552. The van der Waals surface area contributed by atoms with E-state index in [0.717, 1.165) is 42.6 Å². The van der Waals surface area contributed by atoms with Crippen LogP contribution >= 0.6 is 0 Å². The molecule has 0 aliphatic carbocycles. The number of hydrogen-bond donors (Lipinski definition) is 1. The number of rotatable bonds is 19. The Morgan fingerprint density at radius 1 is 1.00 bits per heavy atom. The number of unbranched alkanes of at least 4 members (excludes halogenated alkanes) is 1. The molecule has 1 aromatic heterocycles. The second-order valence-corrected chi connectivity index (χ2v) is 12.3. The number of aryl methyl sites for hydroxylation is 2. The van der Waals surface area contributed by atoms with E-state index in [9.17, 15) is 18.1 Å². The van der Waals surface area contributed by atoms with Crippen LogP contribution in [0.2, 0.25) is 0 Å². The summed E-state index contributed by atoms with van der Waals surface area (Å²) in [5, 5.41) is 2.75. The number of halogens is 2. The Morgan fingerprint density at radius 3 is 2.49 bits per heavy atom. The molecule has 0 bridgehead atoms. The number of imidazole rings is 1. The number of nitrogens with zero attached hydrogens (tertiary/aromatic N) is 2. The molecule has 3 aromatic carbocycles. The van der Waals surface area contributed by atoms with E-state index in [4.69, 9.17) is 14.2 Å². The molecule has 0 saturated heterocycles. The van der Waals surface area contributed by atoms with E-state index in [0.29, 0.717) is 53.9 Å². The normalized spacial score (nSPS) is 12.0. The number of amides is 1. The summed E-state index contributed by atoms with van der Waals surface area (Å²) < 4.78 is 57.1. The third-order valence-electron chi connectivity index (χ3n) is 7.16. The van der Waals surface area contributed by atoms with Crippen LogP contribution < -0.4 is 14.8 Å². The number of nitrogens with one attached hydrogen (secondary N) is 1. The molecule has 1 heterocycles. The molecule has 0 spiro atoms. The summed E-state index contributed by atoms with van der Waals surface area (Å²) in [7, 11) is 0. The van der Waals surface area contributed by atoms with E-state index in [1.54, 1.807) is 48.9 Å². The van der Waals surface area contributed by atoms with E-state index in [1.165, 1.54) is 18.2 Å². The highest BCUT2D eigenvalue weighted by molar-refractivity contribution is 7.91. The second-order valence-electron chi connectivity index (χ2n) is 10.7. The zero-order chi connectivity index (χ0) is 33.4. The molecule has 1 atom stereocenters. The van der Waals surface area contributed by atoms with E-state index in [2.05, 4.69) is 28.7 Å². The highest BCUT2D eigenvalue weighted by Crippen LogP contribution is 2.30. The van der Waals surface area contributed by atoms with E-state index in [-0.39, 0.29) is 5.75 Å². The molecule has 1 N–H and O–H groups in total. The molecule has 1 amide bonds. The van der Waals surface area contributed by atoms with Gasteiger partial charge in [0.25, 0.3) is 0 Å². The predicted molar refractivity (Wildman–Crippen MR) is 181 cm³/mol. The summed E-state index contributed by atoms with van der Waals surface area (Å²) >= 11 is -1.22. The average Bonchev–Trinajstić information content (AvgIpc) is 3.52. The largest absolute Gasteiger partial charge is 0.611 e. The molecular weight excluding hydrogens is 624 g/mol. The SMILES string of the molecule is CCCCOCCOc1ccc(-c2ccc(OC(F)F)c(/C=C/C(=O)Nc3ccc([S@@+]([O-])CCc4cncn4CCC)cc3)c2)cc1. The molecule has 0 radical (unpaired) electrons. The van der Waals surface area contributed by atoms with Crippen molar-refractivity contribution < 1.29 is 32.3 Å². The minimum Gasteiger partial charge on any atom is -0.611 e. The standard InChI is InChI=1S/C36H41F2N3O5S/c1-3-5-20-44-21-22-45-32-12-6-27(7-13-32)28-8-16-34(46-36(37)38)29(24-28)9-17-35(42)40-30-10-14-33(15-11-30)47(43)23-18-31-25-39-26-41(31)19-4-2/h6-17,24-26,36H,3-5,18-23H2,1-2H3,(H,40,42)/b17-9+/t47-/m0/s1. The van der Waals surface area contributed by atoms with Gasteiger partial charge in [-0.3, -0.25) is 4.79 Å². The van der Waals surface area contributed by atoms with Crippen molar-refractivity contribution >= 4 is 28.8 Å². The summed E-state index contributed by atoms with van der Waals surface area (Å²) in [6, 6.07) is 19.0. The smallest absolute Gasteiger partial charge is 0.387 e. The monoisotopic (exact) mass is 665 g/mol. The van der Waals surface area contributed by atoms with E-state index < -0.39 is 23.7 Å². The van der Waals surface area contributed by atoms with Crippen LogP contribution in [-0.2, 0) is 33.7 Å². The maximum Gasteiger partial charge on any atom is 0.387 e. The van der Waals surface area contributed by atoms with Crippen molar-refractivity contribution in [1.82, 2.24) is 9.55 Å². The first kappa shape index (κ1) is 35.7. The molecule has 0 aliphatic heterocycles. The van der Waals surface area contributed by atoms with Gasteiger partial charge in [0, 0.05) is 48.8 Å². The van der Waals surface area contributed by atoms with Crippen LogP contribution in [0.15, 0.2) is 90.2 Å². The highest BCUT2D eigenvalue weighted by atomic mass is 32.2. The van der Waals surface area contributed by atoms with Gasteiger partial charge >= 0.3 is 6.61 Å². The first-order valence-electron chi connectivity index (χ1n) is 15.7. The summed E-state index contributed by atoms with van der Waals surface area (Å²) in [5.41, 5.74) is 3.45. The van der Waals surface area contributed by atoms with Crippen molar-refractivity contribution in [3.8, 4) is 22.6 Å². The number of hydrogen-bond acceptors (Lipinski definition) is 6. The molecule has 0 unspecified atom stereocenters. The third kappa shape index (κ3) is 11.5. The lowest BCUT2D eigenvalue weighted by Gasteiger charge is -2.12. The lowest BCUT2D eigenvalue weighted by atomic mass is 10.0. The van der Waals surface area contributed by atoms with Gasteiger partial charge in [-0.05, 0) is 89.8 Å². The summed E-state index contributed by atoms with van der Waals surface area (Å²) in [4.78, 5) is 17.6. The van der Waals surface area contributed by atoms with Gasteiger partial charge in [0.2, 0.25) is 5.91 Å². The minimum atomic E-state index is -3.02. The third-order valence-corrected chi connectivity index (χ3v) is 8.53. The number of aromatic nitrogens is 2. The summed E-state index contributed by atoms with van der Waals surface area (Å²) in [6.07, 6.45) is 10.0. The van der Waals surface area contributed by atoms with Gasteiger partial charge in [0.15, 0.2) is 4.90 Å². The number of ether oxygens (including phenoxy) is 3. The number of alkyl halides is 2. The Labute approximate surface area is 278 Å². The zero-order valence-electron chi connectivity index (χ0n) is 26.7. The molecular formula is C36H41F2N3O5S. The average molecular weight is 666 g/mol. The van der Waals surface area contributed by atoms with Crippen molar-refractivity contribution in [3.05, 3.63) is 96.6 Å². The highest BCUT2D eigenvalue weighted by Gasteiger charge is 2.14. The molecule has 4 rings (SSSR count). The first-order chi connectivity index (χ1) is 22.9. The maximum absolute atomic E-state index is 13.1. The number of benzene rings is 3. The molecule has 0 fully saturated rings. The van der Waals surface area contributed by atoms with Crippen molar-refractivity contribution in [3.63, 3.8) is 0 Å². The van der Waals surface area contributed by atoms with Gasteiger partial charge in [-0.25, -0.2) is 4.98 Å². The predicted octanol–water partition coefficient (Wildman–Crippen LogP) is 7.76. The van der Waals surface area contributed by atoms with Crippen LogP contribution in [0.4, 0.5) is 14.5 Å². The number of carbonyl (C=O) groups excluding carboxylic acids is 1. The van der Waals surface area contributed by atoms with E-state index >= 15 is 0 Å². The maximum atomic E-state index is 13.1. The Hall–Kier alpha value is -4.19. The van der Waals surface area contributed by atoms with Crippen LogP contribution in [0.1, 0.15) is 44.4 Å². The Balaban J connectivity index is 1.35. The van der Waals surface area contributed by atoms with E-state index in [1.807, 2.05) is 24.3 Å². The Kier molecular flexibility index (Phi) is 14.3. The Bertz CT molecular complexity index is 1560. The number of anilines is 1.